The number of nitrogens with one attached hydrogen (secondary N) is 1. The maximum absolute atomic E-state index is 10.8. The number of nitrogen functional groups attached to an aromatic ring is 1. The van der Waals surface area contributed by atoms with Gasteiger partial charge in [0.15, 0.2) is 5.13 Å². The van der Waals surface area contributed by atoms with Gasteiger partial charge in [-0.2, -0.15) is 0 Å². The molecular formula is C12H13N3O2S. The highest BCUT2D eigenvalue weighted by atomic mass is 32.1. The van der Waals surface area contributed by atoms with E-state index in [1.54, 1.807) is 23.5 Å². The first-order valence-electron chi connectivity index (χ1n) is 5.31. The predicted molar refractivity (Wildman–Crippen MR) is 72.7 cm³/mol. The molecule has 0 aliphatic rings. The fourth-order valence-corrected chi connectivity index (χ4v) is 2.32. The molecule has 0 amide bonds. The standard InChI is InChI=1S/C12H13N3O2S/c1-6-7(2)18-12(14-6)15-8-3-4-9(11(16)17)10(13)5-8/h3-5H,13H2,1-2H3,(H,14,15)(H,16,17). The van der Waals surface area contributed by atoms with E-state index in [1.165, 1.54) is 6.07 Å². The van der Waals surface area contributed by atoms with E-state index >= 15 is 0 Å². The first-order valence-corrected chi connectivity index (χ1v) is 6.13. The third-order valence-corrected chi connectivity index (χ3v) is 3.55. The number of aromatic nitrogens is 1. The van der Waals surface area contributed by atoms with Crippen LogP contribution in [0.25, 0.3) is 0 Å². The summed E-state index contributed by atoms with van der Waals surface area (Å²) in [6.07, 6.45) is 0. The third-order valence-electron chi connectivity index (χ3n) is 2.56. The van der Waals surface area contributed by atoms with Gasteiger partial charge < -0.3 is 16.2 Å². The van der Waals surface area contributed by atoms with E-state index < -0.39 is 5.97 Å². The monoisotopic (exact) mass is 263 g/mol. The van der Waals surface area contributed by atoms with Crippen molar-refractivity contribution in [3.63, 3.8) is 0 Å². The van der Waals surface area contributed by atoms with E-state index in [2.05, 4.69) is 10.3 Å². The number of hydrogen-bond donors (Lipinski definition) is 3. The van der Waals surface area contributed by atoms with Crippen molar-refractivity contribution < 1.29 is 9.90 Å². The van der Waals surface area contributed by atoms with Crippen LogP contribution in [-0.2, 0) is 0 Å². The minimum Gasteiger partial charge on any atom is -0.478 e. The van der Waals surface area contributed by atoms with Crippen LogP contribution >= 0.6 is 11.3 Å². The molecule has 0 saturated carbocycles. The number of anilines is 3. The average Bonchev–Trinajstić information content (AvgIpc) is 2.57. The molecule has 0 spiro atoms. The molecule has 0 unspecified atom stereocenters. The molecule has 94 valence electrons. The molecular weight excluding hydrogens is 250 g/mol. The lowest BCUT2D eigenvalue weighted by molar-refractivity contribution is 0.0698. The summed E-state index contributed by atoms with van der Waals surface area (Å²) >= 11 is 1.55. The van der Waals surface area contributed by atoms with Gasteiger partial charge in [-0.1, -0.05) is 0 Å². The first kappa shape index (κ1) is 12.4. The van der Waals surface area contributed by atoms with Crippen LogP contribution in [-0.4, -0.2) is 16.1 Å². The summed E-state index contributed by atoms with van der Waals surface area (Å²) in [6, 6.07) is 4.74. The zero-order valence-corrected chi connectivity index (χ0v) is 10.8. The molecule has 0 atom stereocenters. The number of aryl methyl sites for hydroxylation is 2. The number of thiazole rings is 1. The van der Waals surface area contributed by atoms with Crippen molar-refractivity contribution in [1.82, 2.24) is 4.98 Å². The van der Waals surface area contributed by atoms with Gasteiger partial charge in [-0.25, -0.2) is 9.78 Å². The molecule has 18 heavy (non-hydrogen) atoms. The molecule has 1 heterocycles. The molecule has 4 N–H and O–H groups in total. The number of nitrogens with two attached hydrogens (primary N) is 1. The van der Waals surface area contributed by atoms with Crippen molar-refractivity contribution >= 4 is 33.8 Å². The number of benzene rings is 1. The summed E-state index contributed by atoms with van der Waals surface area (Å²) in [7, 11) is 0. The second-order valence-corrected chi connectivity index (χ2v) is 5.10. The Labute approximate surface area is 108 Å². The van der Waals surface area contributed by atoms with Crippen LogP contribution < -0.4 is 11.1 Å². The Morgan fingerprint density at radius 2 is 2.17 bits per heavy atom. The second-order valence-electron chi connectivity index (χ2n) is 3.89. The average molecular weight is 263 g/mol. The van der Waals surface area contributed by atoms with Gasteiger partial charge in [-0.05, 0) is 32.0 Å². The Morgan fingerprint density at radius 1 is 1.44 bits per heavy atom. The molecule has 0 saturated heterocycles. The number of carboxylic acid groups (broad SMARTS) is 1. The Bertz CT molecular complexity index is 588. The van der Waals surface area contributed by atoms with Gasteiger partial charge in [-0.3, -0.25) is 0 Å². The Hall–Kier alpha value is -2.08. The number of hydrogen-bond acceptors (Lipinski definition) is 5. The Morgan fingerprint density at radius 3 is 2.67 bits per heavy atom. The maximum Gasteiger partial charge on any atom is 0.337 e. The summed E-state index contributed by atoms with van der Waals surface area (Å²) in [6.45, 7) is 3.94. The van der Waals surface area contributed by atoms with E-state index in [1.807, 2.05) is 13.8 Å². The van der Waals surface area contributed by atoms with Crippen molar-refractivity contribution in [3.8, 4) is 0 Å². The number of carbonyl (C=O) groups is 1. The lowest BCUT2D eigenvalue weighted by Gasteiger charge is -2.05. The van der Waals surface area contributed by atoms with Crippen molar-refractivity contribution in [1.29, 1.82) is 0 Å². The van der Waals surface area contributed by atoms with Gasteiger partial charge in [0.2, 0.25) is 0 Å². The second kappa shape index (κ2) is 4.66. The van der Waals surface area contributed by atoms with E-state index in [-0.39, 0.29) is 11.3 Å². The quantitative estimate of drug-likeness (QED) is 0.741. The van der Waals surface area contributed by atoms with Crippen LogP contribution in [0, 0.1) is 13.8 Å². The summed E-state index contributed by atoms with van der Waals surface area (Å²) in [5.41, 5.74) is 7.72. The van der Waals surface area contributed by atoms with Crippen molar-refractivity contribution in [2.45, 2.75) is 13.8 Å². The fourth-order valence-electron chi connectivity index (χ4n) is 1.48. The summed E-state index contributed by atoms with van der Waals surface area (Å²) < 4.78 is 0. The van der Waals surface area contributed by atoms with E-state index in [4.69, 9.17) is 10.8 Å². The number of nitrogens with zero attached hydrogens (tertiary/aromatic N) is 1. The predicted octanol–water partition coefficient (Wildman–Crippen LogP) is 2.78. The molecule has 0 fully saturated rings. The van der Waals surface area contributed by atoms with E-state index in [0.717, 1.165) is 21.4 Å². The number of rotatable bonds is 3. The molecule has 5 nitrogen and oxygen atoms in total. The lowest BCUT2D eigenvalue weighted by Crippen LogP contribution is -2.02. The lowest BCUT2D eigenvalue weighted by atomic mass is 10.1. The van der Waals surface area contributed by atoms with Crippen LogP contribution in [0.4, 0.5) is 16.5 Å². The molecule has 0 aliphatic heterocycles. The summed E-state index contributed by atoms with van der Waals surface area (Å²) in [5, 5.41) is 12.8. The van der Waals surface area contributed by atoms with Gasteiger partial charge in [0.1, 0.15) is 0 Å². The Balaban J connectivity index is 2.25. The SMILES string of the molecule is Cc1nc(Nc2ccc(C(=O)O)c(N)c2)sc1C. The van der Waals surface area contributed by atoms with Crippen molar-refractivity contribution in [3.05, 3.63) is 34.3 Å². The minimum absolute atomic E-state index is 0.104. The first-order chi connectivity index (χ1) is 8.47. The molecule has 6 heteroatoms. The van der Waals surface area contributed by atoms with E-state index in [0.29, 0.717) is 0 Å². The number of carboxylic acids is 1. The third kappa shape index (κ3) is 2.43. The molecule has 1 aromatic carbocycles. The van der Waals surface area contributed by atoms with Gasteiger partial charge in [0.05, 0.1) is 11.3 Å². The topological polar surface area (TPSA) is 88.2 Å². The van der Waals surface area contributed by atoms with Crippen molar-refractivity contribution in [2.75, 3.05) is 11.1 Å². The molecule has 2 rings (SSSR count). The normalized spacial score (nSPS) is 10.3. The van der Waals surface area contributed by atoms with Crippen LogP contribution in [0.1, 0.15) is 20.9 Å². The van der Waals surface area contributed by atoms with Gasteiger partial charge in [0.25, 0.3) is 0 Å². The largest absolute Gasteiger partial charge is 0.478 e. The zero-order chi connectivity index (χ0) is 13.3. The molecule has 0 bridgehead atoms. The maximum atomic E-state index is 10.8. The minimum atomic E-state index is -1.03. The highest BCUT2D eigenvalue weighted by Crippen LogP contribution is 2.26. The Kier molecular flexibility index (Phi) is 3.20. The summed E-state index contributed by atoms with van der Waals surface area (Å²) in [4.78, 5) is 16.3. The fraction of sp³-hybridized carbons (Fsp3) is 0.167. The van der Waals surface area contributed by atoms with E-state index in [9.17, 15) is 4.79 Å². The van der Waals surface area contributed by atoms with Gasteiger partial charge >= 0.3 is 5.97 Å². The van der Waals surface area contributed by atoms with Crippen LogP contribution in [0.15, 0.2) is 18.2 Å². The summed E-state index contributed by atoms with van der Waals surface area (Å²) in [5.74, 6) is -1.03. The highest BCUT2D eigenvalue weighted by molar-refractivity contribution is 7.15. The smallest absolute Gasteiger partial charge is 0.337 e. The van der Waals surface area contributed by atoms with Crippen LogP contribution in [0.2, 0.25) is 0 Å². The molecule has 0 aliphatic carbocycles. The number of aromatic carboxylic acids is 1. The highest BCUT2D eigenvalue weighted by Gasteiger charge is 2.09. The molecule has 0 radical (unpaired) electrons. The van der Waals surface area contributed by atoms with Crippen molar-refractivity contribution in [2.24, 2.45) is 0 Å². The zero-order valence-electron chi connectivity index (χ0n) is 10.0. The van der Waals surface area contributed by atoms with Crippen LogP contribution in [0.5, 0.6) is 0 Å². The van der Waals surface area contributed by atoms with Gasteiger partial charge in [0, 0.05) is 16.3 Å². The van der Waals surface area contributed by atoms with Gasteiger partial charge in [-0.15, -0.1) is 11.3 Å². The molecule has 2 aromatic rings. The van der Waals surface area contributed by atoms with Crippen LogP contribution in [0.3, 0.4) is 0 Å². The molecule has 1 aromatic heterocycles.